The van der Waals surface area contributed by atoms with Gasteiger partial charge in [-0.3, -0.25) is 9.78 Å². The van der Waals surface area contributed by atoms with Crippen LogP contribution in [0.1, 0.15) is 51.5 Å². The zero-order chi connectivity index (χ0) is 15.5. The van der Waals surface area contributed by atoms with Gasteiger partial charge in [-0.05, 0) is 57.1 Å². The summed E-state index contributed by atoms with van der Waals surface area (Å²) in [6, 6.07) is 5.51. The van der Waals surface area contributed by atoms with Crippen LogP contribution < -0.4 is 5.32 Å². The van der Waals surface area contributed by atoms with Crippen molar-refractivity contribution in [3.8, 4) is 0 Å². The molecule has 4 nitrogen and oxygen atoms in total. The SMILES string of the molecule is CC(C)N(Cc1cccnc1)C(=O)CC1CC2CCC(C1)N2. The van der Waals surface area contributed by atoms with E-state index in [1.165, 1.54) is 25.7 Å². The monoisotopic (exact) mass is 301 g/mol. The number of carbonyl (C=O) groups is 1. The van der Waals surface area contributed by atoms with Crippen LogP contribution in [0.3, 0.4) is 0 Å². The molecule has 3 rings (SSSR count). The van der Waals surface area contributed by atoms with E-state index in [0.717, 1.165) is 5.56 Å². The van der Waals surface area contributed by atoms with E-state index in [4.69, 9.17) is 0 Å². The van der Waals surface area contributed by atoms with E-state index in [2.05, 4.69) is 24.1 Å². The van der Waals surface area contributed by atoms with E-state index in [1.807, 2.05) is 23.2 Å². The highest BCUT2D eigenvalue weighted by molar-refractivity contribution is 5.76. The number of piperidine rings is 1. The number of aromatic nitrogens is 1. The molecule has 2 atom stereocenters. The molecule has 0 spiro atoms. The van der Waals surface area contributed by atoms with Crippen molar-refractivity contribution < 1.29 is 4.79 Å². The van der Waals surface area contributed by atoms with Gasteiger partial charge in [0, 0.05) is 43.5 Å². The van der Waals surface area contributed by atoms with Crippen molar-refractivity contribution in [1.82, 2.24) is 15.2 Å². The largest absolute Gasteiger partial charge is 0.336 e. The number of hydrogen-bond acceptors (Lipinski definition) is 3. The molecule has 3 heterocycles. The average molecular weight is 301 g/mol. The second-order valence-electron chi connectivity index (χ2n) is 7.16. The summed E-state index contributed by atoms with van der Waals surface area (Å²) in [7, 11) is 0. The van der Waals surface area contributed by atoms with Crippen molar-refractivity contribution >= 4 is 5.91 Å². The summed E-state index contributed by atoms with van der Waals surface area (Å²) in [5, 5.41) is 3.65. The number of carbonyl (C=O) groups excluding carboxylic acids is 1. The third kappa shape index (κ3) is 3.67. The van der Waals surface area contributed by atoms with E-state index in [9.17, 15) is 4.79 Å². The summed E-state index contributed by atoms with van der Waals surface area (Å²) < 4.78 is 0. The Kier molecular flexibility index (Phi) is 4.77. The molecule has 2 unspecified atom stereocenters. The summed E-state index contributed by atoms with van der Waals surface area (Å²) in [5.74, 6) is 0.853. The van der Waals surface area contributed by atoms with Crippen LogP contribution in [0.15, 0.2) is 24.5 Å². The topological polar surface area (TPSA) is 45.2 Å². The van der Waals surface area contributed by atoms with Crippen LogP contribution >= 0.6 is 0 Å². The third-order valence-electron chi connectivity index (χ3n) is 5.05. The normalized spacial score (nSPS) is 27.1. The van der Waals surface area contributed by atoms with Crippen molar-refractivity contribution in [3.63, 3.8) is 0 Å². The molecular weight excluding hydrogens is 274 g/mol. The fourth-order valence-electron chi connectivity index (χ4n) is 3.95. The second-order valence-corrected chi connectivity index (χ2v) is 7.16. The molecule has 2 aliphatic heterocycles. The van der Waals surface area contributed by atoms with Crippen molar-refractivity contribution in [2.24, 2.45) is 5.92 Å². The van der Waals surface area contributed by atoms with Crippen LogP contribution in [0.5, 0.6) is 0 Å². The fraction of sp³-hybridized carbons (Fsp3) is 0.667. The van der Waals surface area contributed by atoms with Crippen LogP contribution in [-0.4, -0.2) is 33.9 Å². The molecule has 0 radical (unpaired) electrons. The van der Waals surface area contributed by atoms with Gasteiger partial charge in [0.05, 0.1) is 0 Å². The lowest BCUT2D eigenvalue weighted by Gasteiger charge is -2.32. The number of nitrogens with one attached hydrogen (secondary N) is 1. The molecule has 2 fully saturated rings. The minimum Gasteiger partial charge on any atom is -0.336 e. The molecule has 1 aromatic rings. The number of fused-ring (bicyclic) bond motifs is 2. The highest BCUT2D eigenvalue weighted by atomic mass is 16.2. The van der Waals surface area contributed by atoms with Crippen molar-refractivity contribution in [1.29, 1.82) is 0 Å². The molecule has 22 heavy (non-hydrogen) atoms. The maximum atomic E-state index is 12.8. The van der Waals surface area contributed by atoms with Gasteiger partial charge in [0.25, 0.3) is 0 Å². The Hall–Kier alpha value is -1.42. The average Bonchev–Trinajstić information content (AvgIpc) is 2.84. The van der Waals surface area contributed by atoms with Gasteiger partial charge in [-0.25, -0.2) is 0 Å². The summed E-state index contributed by atoms with van der Waals surface area (Å²) >= 11 is 0. The molecule has 0 saturated carbocycles. The number of amides is 1. The Morgan fingerprint density at radius 2 is 2.09 bits per heavy atom. The van der Waals surface area contributed by atoms with Gasteiger partial charge in [-0.2, -0.15) is 0 Å². The molecule has 4 heteroatoms. The minimum absolute atomic E-state index is 0.228. The Bertz CT molecular complexity index is 490. The Morgan fingerprint density at radius 3 is 2.68 bits per heavy atom. The molecule has 2 bridgehead atoms. The van der Waals surface area contributed by atoms with Gasteiger partial charge in [0.1, 0.15) is 0 Å². The molecule has 0 aliphatic carbocycles. The lowest BCUT2D eigenvalue weighted by Crippen LogP contribution is -2.42. The van der Waals surface area contributed by atoms with E-state index in [0.29, 0.717) is 36.9 Å². The summed E-state index contributed by atoms with van der Waals surface area (Å²) in [6.45, 7) is 4.86. The first kappa shape index (κ1) is 15.5. The van der Waals surface area contributed by atoms with Gasteiger partial charge in [-0.15, -0.1) is 0 Å². The van der Waals surface area contributed by atoms with Crippen LogP contribution in [0, 0.1) is 5.92 Å². The molecular formula is C18H27N3O. The minimum atomic E-state index is 0.228. The number of nitrogens with zero attached hydrogens (tertiary/aromatic N) is 2. The van der Waals surface area contributed by atoms with Crippen molar-refractivity contribution in [2.75, 3.05) is 0 Å². The van der Waals surface area contributed by atoms with Crippen molar-refractivity contribution in [2.45, 2.75) is 70.6 Å². The van der Waals surface area contributed by atoms with E-state index >= 15 is 0 Å². The standard InChI is InChI=1S/C18H27N3O/c1-13(2)21(12-14-4-3-7-19-11-14)18(22)10-15-8-16-5-6-17(9-15)20-16/h3-4,7,11,13,15-17,20H,5-6,8-10,12H2,1-2H3. The summed E-state index contributed by atoms with van der Waals surface area (Å²) in [6.07, 6.45) is 9.25. The zero-order valence-electron chi connectivity index (χ0n) is 13.7. The highest BCUT2D eigenvalue weighted by Gasteiger charge is 2.35. The van der Waals surface area contributed by atoms with Crippen LogP contribution in [0.25, 0.3) is 0 Å². The van der Waals surface area contributed by atoms with Gasteiger partial charge in [0.15, 0.2) is 0 Å². The van der Waals surface area contributed by atoms with Crippen LogP contribution in [0.4, 0.5) is 0 Å². The number of pyridine rings is 1. The zero-order valence-corrected chi connectivity index (χ0v) is 13.7. The van der Waals surface area contributed by atoms with E-state index < -0.39 is 0 Å². The predicted molar refractivity (Wildman–Crippen MR) is 87.2 cm³/mol. The second kappa shape index (κ2) is 6.78. The molecule has 2 aliphatic rings. The predicted octanol–water partition coefficient (Wildman–Crippen LogP) is 2.74. The quantitative estimate of drug-likeness (QED) is 0.909. The highest BCUT2D eigenvalue weighted by Crippen LogP contribution is 2.33. The molecule has 1 aromatic heterocycles. The number of hydrogen-bond donors (Lipinski definition) is 1. The third-order valence-corrected chi connectivity index (χ3v) is 5.05. The van der Waals surface area contributed by atoms with Crippen LogP contribution in [-0.2, 0) is 11.3 Å². The molecule has 1 amide bonds. The fourth-order valence-corrected chi connectivity index (χ4v) is 3.95. The molecule has 0 aromatic carbocycles. The lowest BCUT2D eigenvalue weighted by atomic mass is 9.89. The Balaban J connectivity index is 1.60. The van der Waals surface area contributed by atoms with Gasteiger partial charge >= 0.3 is 0 Å². The summed E-state index contributed by atoms with van der Waals surface area (Å²) in [5.41, 5.74) is 1.11. The number of rotatable bonds is 5. The maximum Gasteiger partial charge on any atom is 0.223 e. The molecule has 2 saturated heterocycles. The Labute approximate surface area is 133 Å². The molecule has 120 valence electrons. The van der Waals surface area contributed by atoms with E-state index in [1.54, 1.807) is 6.20 Å². The van der Waals surface area contributed by atoms with Crippen molar-refractivity contribution in [3.05, 3.63) is 30.1 Å². The first-order valence-electron chi connectivity index (χ1n) is 8.56. The first-order valence-corrected chi connectivity index (χ1v) is 8.56. The molecule has 1 N–H and O–H groups in total. The first-order chi connectivity index (χ1) is 10.6. The summed E-state index contributed by atoms with van der Waals surface area (Å²) in [4.78, 5) is 18.9. The lowest BCUT2D eigenvalue weighted by molar-refractivity contribution is -0.134. The van der Waals surface area contributed by atoms with Gasteiger partial charge in [0.2, 0.25) is 5.91 Å². The maximum absolute atomic E-state index is 12.8. The Morgan fingerprint density at radius 1 is 1.36 bits per heavy atom. The van der Waals surface area contributed by atoms with Crippen LogP contribution in [0.2, 0.25) is 0 Å². The van der Waals surface area contributed by atoms with Gasteiger partial charge in [-0.1, -0.05) is 6.07 Å². The smallest absolute Gasteiger partial charge is 0.223 e. The van der Waals surface area contributed by atoms with Gasteiger partial charge < -0.3 is 10.2 Å². The van der Waals surface area contributed by atoms with E-state index in [-0.39, 0.29) is 6.04 Å².